The highest BCUT2D eigenvalue weighted by Crippen LogP contribution is 2.18. The average molecular weight is 321 g/mol. The summed E-state index contributed by atoms with van der Waals surface area (Å²) in [6.07, 6.45) is 3.21. The second-order valence-electron chi connectivity index (χ2n) is 5.78. The maximum Gasteiger partial charge on any atom is 0.251 e. The number of ether oxygens (including phenoxy) is 1. The third kappa shape index (κ3) is 5.74. The minimum atomic E-state index is -0.211. The molecule has 0 aliphatic heterocycles. The van der Waals surface area contributed by atoms with E-state index in [1.807, 2.05) is 45.0 Å². The van der Waals surface area contributed by atoms with Gasteiger partial charge in [0.15, 0.2) is 0 Å². The fraction of sp³-hybridized carbons (Fsp3) is 0.294. The highest BCUT2D eigenvalue weighted by atomic mass is 35.5. The fourth-order valence-electron chi connectivity index (χ4n) is 1.82. The lowest BCUT2D eigenvalue weighted by molar-refractivity contribution is 0.0951. The van der Waals surface area contributed by atoms with Crippen molar-refractivity contribution in [2.45, 2.75) is 32.9 Å². The predicted octanol–water partition coefficient (Wildman–Crippen LogP) is 3.61. The van der Waals surface area contributed by atoms with Gasteiger partial charge in [0.25, 0.3) is 5.91 Å². The van der Waals surface area contributed by atoms with Gasteiger partial charge in [-0.3, -0.25) is 9.78 Å². The molecular weight excluding hydrogens is 300 g/mol. The smallest absolute Gasteiger partial charge is 0.251 e. The molecule has 4 nitrogen and oxygen atoms in total. The number of halogens is 1. The number of nitrogens with one attached hydrogen (secondary N) is 1. The Morgan fingerprint density at radius 2 is 1.68 bits per heavy atom. The third-order valence-corrected chi connectivity index (χ3v) is 2.74. The van der Waals surface area contributed by atoms with Gasteiger partial charge in [0.1, 0.15) is 11.4 Å². The molecule has 0 fully saturated rings. The molecule has 1 amide bonds. The lowest BCUT2D eigenvalue weighted by Crippen LogP contribution is -2.23. The van der Waals surface area contributed by atoms with E-state index in [9.17, 15) is 4.79 Å². The average Bonchev–Trinajstić information content (AvgIpc) is 2.45. The minimum absolute atomic E-state index is 0. The van der Waals surface area contributed by atoms with Crippen molar-refractivity contribution in [2.75, 3.05) is 0 Å². The molecule has 0 saturated heterocycles. The van der Waals surface area contributed by atoms with E-state index in [-0.39, 0.29) is 23.9 Å². The van der Waals surface area contributed by atoms with Crippen LogP contribution in [0.25, 0.3) is 0 Å². The first-order valence-corrected chi connectivity index (χ1v) is 6.90. The van der Waals surface area contributed by atoms with Crippen molar-refractivity contribution in [3.8, 4) is 5.75 Å². The van der Waals surface area contributed by atoms with E-state index < -0.39 is 0 Å². The highest BCUT2D eigenvalue weighted by molar-refractivity contribution is 5.93. The Hall–Kier alpha value is -2.07. The van der Waals surface area contributed by atoms with E-state index in [2.05, 4.69) is 10.3 Å². The number of rotatable bonds is 4. The van der Waals surface area contributed by atoms with Gasteiger partial charge < -0.3 is 10.1 Å². The summed E-state index contributed by atoms with van der Waals surface area (Å²) in [5.41, 5.74) is 1.42. The van der Waals surface area contributed by atoms with Crippen LogP contribution in [0.3, 0.4) is 0 Å². The van der Waals surface area contributed by atoms with Crippen LogP contribution in [-0.2, 0) is 6.54 Å². The maximum absolute atomic E-state index is 11.9. The number of benzene rings is 1. The number of amides is 1. The monoisotopic (exact) mass is 320 g/mol. The number of hydrogen-bond donors (Lipinski definition) is 1. The Morgan fingerprint density at radius 1 is 1.09 bits per heavy atom. The first-order valence-electron chi connectivity index (χ1n) is 6.90. The molecule has 1 aromatic carbocycles. The van der Waals surface area contributed by atoms with Gasteiger partial charge in [0, 0.05) is 24.5 Å². The van der Waals surface area contributed by atoms with Crippen LogP contribution in [0.15, 0.2) is 48.8 Å². The van der Waals surface area contributed by atoms with Crippen molar-refractivity contribution < 1.29 is 9.53 Å². The molecular formula is C17H21ClN2O2. The quantitative estimate of drug-likeness (QED) is 0.936. The lowest BCUT2D eigenvalue weighted by atomic mass is 10.1. The van der Waals surface area contributed by atoms with Crippen LogP contribution in [0.4, 0.5) is 0 Å². The van der Waals surface area contributed by atoms with Crippen LogP contribution in [0.2, 0.25) is 0 Å². The van der Waals surface area contributed by atoms with E-state index in [0.29, 0.717) is 12.1 Å². The predicted molar refractivity (Wildman–Crippen MR) is 89.5 cm³/mol. The number of nitrogens with zero attached hydrogens (tertiary/aromatic N) is 1. The van der Waals surface area contributed by atoms with Gasteiger partial charge in [-0.15, -0.1) is 12.4 Å². The molecule has 0 aliphatic rings. The minimum Gasteiger partial charge on any atom is -0.488 e. The van der Waals surface area contributed by atoms with Crippen molar-refractivity contribution in [1.82, 2.24) is 10.3 Å². The molecule has 0 atom stereocenters. The molecule has 118 valence electrons. The van der Waals surface area contributed by atoms with Gasteiger partial charge in [0.2, 0.25) is 0 Å². The number of carbonyl (C=O) groups excluding carboxylic acids is 1. The van der Waals surface area contributed by atoms with Gasteiger partial charge in [-0.25, -0.2) is 0 Å². The summed E-state index contributed by atoms with van der Waals surface area (Å²) in [6.45, 7) is 6.51. The number of aromatic nitrogens is 1. The molecule has 22 heavy (non-hydrogen) atoms. The van der Waals surface area contributed by atoms with Crippen LogP contribution < -0.4 is 10.1 Å². The largest absolute Gasteiger partial charge is 0.488 e. The molecule has 0 unspecified atom stereocenters. The molecule has 1 heterocycles. The Labute approximate surface area is 137 Å². The van der Waals surface area contributed by atoms with E-state index >= 15 is 0 Å². The molecule has 1 N–H and O–H groups in total. The first kappa shape index (κ1) is 18.0. The van der Waals surface area contributed by atoms with Gasteiger partial charge >= 0.3 is 0 Å². The fourth-order valence-corrected chi connectivity index (χ4v) is 1.82. The normalized spacial score (nSPS) is 10.5. The Balaban J connectivity index is 0.00000242. The zero-order chi connectivity index (χ0) is 15.3. The molecule has 5 heteroatoms. The summed E-state index contributed by atoms with van der Waals surface area (Å²) in [4.78, 5) is 15.8. The summed E-state index contributed by atoms with van der Waals surface area (Å²) in [7, 11) is 0. The van der Waals surface area contributed by atoms with E-state index in [1.165, 1.54) is 0 Å². The summed E-state index contributed by atoms with van der Waals surface area (Å²) < 4.78 is 5.76. The van der Waals surface area contributed by atoms with Gasteiger partial charge in [-0.2, -0.15) is 0 Å². The zero-order valence-electron chi connectivity index (χ0n) is 13.0. The molecule has 0 aliphatic carbocycles. The van der Waals surface area contributed by atoms with E-state index in [4.69, 9.17) is 4.74 Å². The summed E-state index contributed by atoms with van der Waals surface area (Å²) >= 11 is 0. The Morgan fingerprint density at radius 3 is 2.23 bits per heavy atom. The van der Waals surface area contributed by atoms with Crippen LogP contribution >= 0.6 is 12.4 Å². The van der Waals surface area contributed by atoms with Gasteiger partial charge in [-0.05, 0) is 50.6 Å². The van der Waals surface area contributed by atoms with Crippen molar-refractivity contribution in [3.05, 3.63) is 59.9 Å². The van der Waals surface area contributed by atoms with E-state index in [0.717, 1.165) is 11.3 Å². The molecule has 0 saturated carbocycles. The molecule has 2 rings (SSSR count). The second-order valence-corrected chi connectivity index (χ2v) is 5.78. The number of hydrogen-bond acceptors (Lipinski definition) is 3. The molecule has 0 radical (unpaired) electrons. The lowest BCUT2D eigenvalue weighted by Gasteiger charge is -2.21. The number of carbonyl (C=O) groups is 1. The van der Waals surface area contributed by atoms with Gasteiger partial charge in [0.05, 0.1) is 0 Å². The molecule has 1 aromatic heterocycles. The Kier molecular flexibility index (Phi) is 6.38. The van der Waals surface area contributed by atoms with Gasteiger partial charge in [-0.1, -0.05) is 12.1 Å². The van der Waals surface area contributed by atoms with E-state index in [1.54, 1.807) is 24.5 Å². The van der Waals surface area contributed by atoms with Crippen LogP contribution in [0.5, 0.6) is 5.75 Å². The summed E-state index contributed by atoms with van der Waals surface area (Å²) in [5, 5.41) is 2.88. The Bertz CT molecular complexity index is 592. The number of pyridine rings is 1. The highest BCUT2D eigenvalue weighted by Gasteiger charge is 2.11. The third-order valence-electron chi connectivity index (χ3n) is 2.74. The van der Waals surface area contributed by atoms with Crippen molar-refractivity contribution in [1.29, 1.82) is 0 Å². The van der Waals surface area contributed by atoms with Crippen molar-refractivity contribution in [2.24, 2.45) is 0 Å². The molecule has 2 aromatic rings. The van der Waals surface area contributed by atoms with Crippen LogP contribution in [0.1, 0.15) is 36.7 Å². The molecule has 0 spiro atoms. The summed E-state index contributed by atoms with van der Waals surface area (Å²) in [5.74, 6) is 0.721. The maximum atomic E-state index is 11.9. The standard InChI is InChI=1S/C17H20N2O2.ClH/c1-17(2,3)21-15-6-4-13(5-7-15)12-19-16(20)14-8-10-18-11-9-14;/h4-11H,12H2,1-3H3,(H,19,20);1H. The van der Waals surface area contributed by atoms with Crippen LogP contribution in [0, 0.1) is 0 Å². The van der Waals surface area contributed by atoms with Crippen molar-refractivity contribution in [3.63, 3.8) is 0 Å². The SMILES string of the molecule is CC(C)(C)Oc1ccc(CNC(=O)c2ccncc2)cc1.Cl. The molecule has 0 bridgehead atoms. The first-order chi connectivity index (χ1) is 9.94. The van der Waals surface area contributed by atoms with Crippen LogP contribution in [-0.4, -0.2) is 16.5 Å². The summed E-state index contributed by atoms with van der Waals surface area (Å²) in [6, 6.07) is 11.1. The topological polar surface area (TPSA) is 51.2 Å². The zero-order valence-corrected chi connectivity index (χ0v) is 13.8. The van der Waals surface area contributed by atoms with Crippen molar-refractivity contribution >= 4 is 18.3 Å². The second kappa shape index (κ2) is 7.80.